The second-order valence-corrected chi connectivity index (χ2v) is 10.5. The van der Waals surface area contributed by atoms with E-state index in [9.17, 15) is 13.2 Å². The van der Waals surface area contributed by atoms with Gasteiger partial charge in [0.05, 0.1) is 4.90 Å². The van der Waals surface area contributed by atoms with E-state index >= 15 is 0 Å². The second-order valence-electron chi connectivity index (χ2n) is 7.75. The molecule has 0 aliphatic rings. The number of anilines is 2. The zero-order valence-corrected chi connectivity index (χ0v) is 20.2. The molecule has 0 fully saturated rings. The van der Waals surface area contributed by atoms with Crippen LogP contribution in [0.3, 0.4) is 0 Å². The van der Waals surface area contributed by atoms with Crippen molar-refractivity contribution in [2.45, 2.75) is 22.5 Å². The van der Waals surface area contributed by atoms with E-state index in [1.54, 1.807) is 54.2 Å². The maximum Gasteiger partial charge on any atom is 0.261 e. The largest absolute Gasteiger partial charge is 0.322 e. The van der Waals surface area contributed by atoms with Gasteiger partial charge < -0.3 is 5.32 Å². The van der Waals surface area contributed by atoms with Gasteiger partial charge in [-0.15, -0.1) is 11.8 Å². The molecule has 4 aromatic carbocycles. The van der Waals surface area contributed by atoms with E-state index in [0.717, 1.165) is 16.9 Å². The van der Waals surface area contributed by atoms with Gasteiger partial charge in [0.15, 0.2) is 0 Å². The molecular formula is C27H24N2O3S2. The van der Waals surface area contributed by atoms with E-state index in [0.29, 0.717) is 16.9 Å². The highest BCUT2D eigenvalue weighted by Crippen LogP contribution is 2.23. The van der Waals surface area contributed by atoms with Crippen LogP contribution in [0.5, 0.6) is 0 Å². The normalized spacial score (nSPS) is 11.1. The summed E-state index contributed by atoms with van der Waals surface area (Å²) in [6.07, 6.45) is 0. The van der Waals surface area contributed by atoms with Crippen LogP contribution < -0.4 is 10.0 Å². The average molecular weight is 489 g/mol. The number of benzene rings is 4. The van der Waals surface area contributed by atoms with E-state index in [2.05, 4.69) is 22.2 Å². The Morgan fingerprint density at radius 1 is 0.794 bits per heavy atom. The fourth-order valence-electron chi connectivity index (χ4n) is 3.28. The van der Waals surface area contributed by atoms with Crippen molar-refractivity contribution in [3.63, 3.8) is 0 Å². The van der Waals surface area contributed by atoms with Gasteiger partial charge in [0.1, 0.15) is 0 Å². The van der Waals surface area contributed by atoms with Gasteiger partial charge in [-0.1, -0.05) is 42.5 Å². The van der Waals surface area contributed by atoms with Crippen LogP contribution in [0.1, 0.15) is 21.5 Å². The number of sulfonamides is 1. The minimum Gasteiger partial charge on any atom is -0.322 e. The van der Waals surface area contributed by atoms with Crippen LogP contribution in [-0.4, -0.2) is 14.3 Å². The molecular weight excluding hydrogens is 464 g/mol. The SMILES string of the molecule is Cc1cccc(NS(=O)(=O)c2ccc(NC(=O)c3ccc(CSc4ccccc4)cc3)cc2)c1. The number of hydrogen-bond acceptors (Lipinski definition) is 4. The van der Waals surface area contributed by atoms with Crippen LogP contribution in [0, 0.1) is 6.92 Å². The molecule has 0 atom stereocenters. The number of aryl methyl sites for hydroxylation is 1. The van der Waals surface area contributed by atoms with Gasteiger partial charge >= 0.3 is 0 Å². The number of carbonyl (C=O) groups excluding carboxylic acids is 1. The van der Waals surface area contributed by atoms with Crippen LogP contribution >= 0.6 is 11.8 Å². The molecule has 7 heteroatoms. The topological polar surface area (TPSA) is 75.3 Å². The summed E-state index contributed by atoms with van der Waals surface area (Å²) in [7, 11) is -3.72. The summed E-state index contributed by atoms with van der Waals surface area (Å²) in [5.74, 6) is 0.564. The third-order valence-corrected chi connectivity index (χ3v) is 7.54. The molecule has 0 bridgehead atoms. The van der Waals surface area contributed by atoms with Gasteiger partial charge in [0.2, 0.25) is 0 Å². The standard InChI is InChI=1S/C27H24N2O3S2/c1-20-6-5-7-24(18-20)29-34(31,32)26-16-14-23(15-17-26)28-27(30)22-12-10-21(11-13-22)19-33-25-8-3-2-4-9-25/h2-18,29H,19H2,1H3,(H,28,30). The smallest absolute Gasteiger partial charge is 0.261 e. The van der Waals surface area contributed by atoms with Crippen molar-refractivity contribution in [1.82, 2.24) is 0 Å². The van der Waals surface area contributed by atoms with Crippen molar-refractivity contribution in [3.05, 3.63) is 120 Å². The minimum absolute atomic E-state index is 0.118. The maximum absolute atomic E-state index is 12.6. The highest BCUT2D eigenvalue weighted by Gasteiger charge is 2.15. The van der Waals surface area contributed by atoms with E-state index in [4.69, 9.17) is 0 Å². The molecule has 1 amide bonds. The first-order valence-corrected chi connectivity index (χ1v) is 13.1. The first-order chi connectivity index (χ1) is 16.4. The monoisotopic (exact) mass is 488 g/mol. The van der Waals surface area contributed by atoms with Crippen LogP contribution in [0.15, 0.2) is 113 Å². The lowest BCUT2D eigenvalue weighted by Crippen LogP contribution is -2.14. The molecule has 0 heterocycles. The van der Waals surface area contributed by atoms with E-state index in [1.165, 1.54) is 17.0 Å². The lowest BCUT2D eigenvalue weighted by Gasteiger charge is -2.10. The van der Waals surface area contributed by atoms with Gasteiger partial charge in [0, 0.05) is 27.6 Å². The molecule has 0 saturated heterocycles. The Balaban J connectivity index is 1.36. The molecule has 34 heavy (non-hydrogen) atoms. The number of nitrogens with one attached hydrogen (secondary N) is 2. The van der Waals surface area contributed by atoms with Gasteiger partial charge in [-0.25, -0.2) is 8.42 Å². The molecule has 0 saturated carbocycles. The van der Waals surface area contributed by atoms with Crippen LogP contribution in [-0.2, 0) is 15.8 Å². The number of hydrogen-bond donors (Lipinski definition) is 2. The minimum atomic E-state index is -3.72. The first kappa shape index (κ1) is 23.6. The fourth-order valence-corrected chi connectivity index (χ4v) is 5.20. The Hall–Kier alpha value is -3.55. The Kier molecular flexibility index (Phi) is 7.35. The highest BCUT2D eigenvalue weighted by atomic mass is 32.2. The van der Waals surface area contributed by atoms with E-state index < -0.39 is 10.0 Å². The van der Waals surface area contributed by atoms with Crippen molar-refractivity contribution in [3.8, 4) is 0 Å². The molecule has 0 unspecified atom stereocenters. The molecule has 0 aromatic heterocycles. The Labute approximate surface area is 204 Å². The summed E-state index contributed by atoms with van der Waals surface area (Å²) in [6, 6.07) is 30.9. The van der Waals surface area contributed by atoms with Gasteiger partial charge in [-0.2, -0.15) is 0 Å². The Bertz CT molecular complexity index is 1370. The van der Waals surface area contributed by atoms with E-state index in [-0.39, 0.29) is 10.8 Å². The predicted molar refractivity (Wildman–Crippen MR) is 139 cm³/mol. The molecule has 4 aromatic rings. The molecule has 0 spiro atoms. The number of rotatable bonds is 8. The highest BCUT2D eigenvalue weighted by molar-refractivity contribution is 7.98. The summed E-state index contributed by atoms with van der Waals surface area (Å²) >= 11 is 1.74. The first-order valence-electron chi connectivity index (χ1n) is 10.7. The van der Waals surface area contributed by atoms with Crippen molar-refractivity contribution in [2.75, 3.05) is 10.0 Å². The molecule has 0 radical (unpaired) electrons. The number of thioether (sulfide) groups is 1. The quantitative estimate of drug-likeness (QED) is 0.284. The van der Waals surface area contributed by atoms with Crippen molar-refractivity contribution < 1.29 is 13.2 Å². The Morgan fingerprint density at radius 2 is 1.50 bits per heavy atom. The third kappa shape index (κ3) is 6.27. The molecule has 4 rings (SSSR count). The predicted octanol–water partition coefficient (Wildman–Crippen LogP) is 6.34. The van der Waals surface area contributed by atoms with Gasteiger partial charge in [-0.05, 0) is 78.7 Å². The summed E-state index contributed by atoms with van der Waals surface area (Å²) in [6.45, 7) is 1.90. The van der Waals surface area contributed by atoms with Crippen molar-refractivity contribution >= 4 is 39.1 Å². The lowest BCUT2D eigenvalue weighted by molar-refractivity contribution is 0.102. The Morgan fingerprint density at radius 3 is 2.18 bits per heavy atom. The average Bonchev–Trinajstić information content (AvgIpc) is 2.84. The zero-order valence-electron chi connectivity index (χ0n) is 18.6. The summed E-state index contributed by atoms with van der Waals surface area (Å²) in [5, 5.41) is 2.81. The number of carbonyl (C=O) groups is 1. The summed E-state index contributed by atoms with van der Waals surface area (Å²) in [5.41, 5.74) is 3.64. The third-order valence-electron chi connectivity index (χ3n) is 5.06. The van der Waals surface area contributed by atoms with E-state index in [1.807, 2.05) is 43.3 Å². The molecule has 5 nitrogen and oxygen atoms in total. The van der Waals surface area contributed by atoms with Crippen LogP contribution in [0.2, 0.25) is 0 Å². The number of amides is 1. The molecule has 172 valence electrons. The zero-order chi connectivity index (χ0) is 24.0. The molecule has 0 aliphatic carbocycles. The van der Waals surface area contributed by atoms with Crippen molar-refractivity contribution in [2.24, 2.45) is 0 Å². The van der Waals surface area contributed by atoms with Crippen LogP contribution in [0.4, 0.5) is 11.4 Å². The second kappa shape index (κ2) is 10.6. The van der Waals surface area contributed by atoms with Gasteiger partial charge in [-0.3, -0.25) is 9.52 Å². The van der Waals surface area contributed by atoms with Crippen molar-refractivity contribution in [1.29, 1.82) is 0 Å². The summed E-state index contributed by atoms with van der Waals surface area (Å²) in [4.78, 5) is 13.9. The lowest BCUT2D eigenvalue weighted by atomic mass is 10.1. The van der Waals surface area contributed by atoms with Gasteiger partial charge in [0.25, 0.3) is 15.9 Å². The fraction of sp³-hybridized carbons (Fsp3) is 0.0741. The molecule has 0 aliphatic heterocycles. The van der Waals surface area contributed by atoms with Crippen LogP contribution in [0.25, 0.3) is 0 Å². The maximum atomic E-state index is 12.6. The molecule has 2 N–H and O–H groups in total. The summed E-state index contributed by atoms with van der Waals surface area (Å²) < 4.78 is 27.9.